The first kappa shape index (κ1) is 15.3. The summed E-state index contributed by atoms with van der Waals surface area (Å²) in [5.74, 6) is 0. The molecule has 0 aromatic carbocycles. The zero-order valence-corrected chi connectivity index (χ0v) is 12.9. The van der Waals surface area contributed by atoms with Crippen LogP contribution in [0.25, 0.3) is 0 Å². The van der Waals surface area contributed by atoms with Crippen LogP contribution in [0.1, 0.15) is 9.75 Å². The van der Waals surface area contributed by atoms with Crippen molar-refractivity contribution in [3.05, 3.63) is 42.7 Å². The smallest absolute Gasteiger partial charge is 0.0931 e. The molecule has 0 aliphatic carbocycles. The molecule has 0 aliphatic rings. The quantitative estimate of drug-likeness (QED) is 0.772. The molecule has 94 valence electrons. The van der Waals surface area contributed by atoms with Gasteiger partial charge in [0.15, 0.2) is 0 Å². The Kier molecular flexibility index (Phi) is 6.85. The molecule has 0 unspecified atom stereocenters. The lowest BCUT2D eigenvalue weighted by Gasteiger charge is -2.00. The molecular weight excluding hydrogens is 317 g/mol. The molecule has 0 fully saturated rings. The minimum Gasteiger partial charge on any atom is -0.311 e. The summed E-state index contributed by atoms with van der Waals surface area (Å²) in [5.41, 5.74) is 0. The van der Waals surface area contributed by atoms with Crippen LogP contribution in [0.2, 0.25) is 8.67 Å². The van der Waals surface area contributed by atoms with E-state index in [-0.39, 0.29) is 12.4 Å². The van der Waals surface area contributed by atoms with Gasteiger partial charge in [0, 0.05) is 22.8 Å². The second kappa shape index (κ2) is 7.62. The van der Waals surface area contributed by atoms with E-state index in [1.54, 1.807) is 22.7 Å². The minimum atomic E-state index is 0. The van der Waals surface area contributed by atoms with Gasteiger partial charge in [-0.2, -0.15) is 0 Å². The van der Waals surface area contributed by atoms with E-state index in [4.69, 9.17) is 23.2 Å². The molecule has 2 aromatic heterocycles. The molecule has 0 radical (unpaired) electrons. The van der Waals surface area contributed by atoms with Gasteiger partial charge in [-0.3, -0.25) is 0 Å². The fourth-order valence-corrected chi connectivity index (χ4v) is 3.50. The molecule has 2 rings (SSSR count). The third kappa shape index (κ3) is 5.16. The first-order valence-corrected chi connectivity index (χ1v) is 7.32. The molecule has 0 saturated heterocycles. The molecule has 1 nitrogen and oxygen atoms in total. The number of hydrogen-bond acceptors (Lipinski definition) is 3. The summed E-state index contributed by atoms with van der Waals surface area (Å²) in [5, 5.41) is 3.39. The zero-order valence-electron chi connectivity index (χ0n) is 8.91. The van der Waals surface area contributed by atoms with Gasteiger partial charge < -0.3 is 5.32 Å². The first-order chi connectivity index (χ1) is 7.74. The number of nitrogens with one attached hydrogen (secondary N) is 1. The van der Waals surface area contributed by atoms with Gasteiger partial charge in [-0.05, 0) is 30.7 Å². The molecule has 2 aromatic rings. The summed E-state index contributed by atoms with van der Waals surface area (Å²) in [4.78, 5) is 2.59. The first-order valence-electron chi connectivity index (χ1n) is 4.93. The lowest BCUT2D eigenvalue weighted by molar-refractivity contribution is 0.697. The third-order valence-corrected chi connectivity index (χ3v) is 4.63. The highest BCUT2D eigenvalue weighted by Gasteiger charge is 1.99. The predicted molar refractivity (Wildman–Crippen MR) is 81.3 cm³/mol. The summed E-state index contributed by atoms with van der Waals surface area (Å²) in [6, 6.07) is 8.02. The molecule has 0 atom stereocenters. The maximum absolute atomic E-state index is 5.86. The SMILES string of the molecule is Cl.Clc1ccc(CCNCc2ccc(Cl)s2)s1. The van der Waals surface area contributed by atoms with Crippen molar-refractivity contribution in [3.63, 3.8) is 0 Å². The monoisotopic (exact) mass is 327 g/mol. The van der Waals surface area contributed by atoms with Crippen LogP contribution in [0, 0.1) is 0 Å². The highest BCUT2D eigenvalue weighted by molar-refractivity contribution is 7.16. The second-order valence-electron chi connectivity index (χ2n) is 3.34. The molecule has 6 heteroatoms. The van der Waals surface area contributed by atoms with E-state index < -0.39 is 0 Å². The largest absolute Gasteiger partial charge is 0.311 e. The lowest BCUT2D eigenvalue weighted by Crippen LogP contribution is -2.15. The van der Waals surface area contributed by atoms with Crippen LogP contribution in [0.4, 0.5) is 0 Å². The van der Waals surface area contributed by atoms with Crippen molar-refractivity contribution >= 4 is 58.3 Å². The fraction of sp³-hybridized carbons (Fsp3) is 0.273. The van der Waals surface area contributed by atoms with Crippen molar-refractivity contribution in [2.45, 2.75) is 13.0 Å². The molecule has 1 N–H and O–H groups in total. The molecule has 0 spiro atoms. The van der Waals surface area contributed by atoms with E-state index in [0.717, 1.165) is 28.2 Å². The lowest BCUT2D eigenvalue weighted by atomic mass is 10.3. The highest BCUT2D eigenvalue weighted by atomic mass is 35.5. The van der Waals surface area contributed by atoms with Crippen molar-refractivity contribution in [1.29, 1.82) is 0 Å². The number of thiophene rings is 2. The number of rotatable bonds is 5. The van der Waals surface area contributed by atoms with Crippen LogP contribution in [0.5, 0.6) is 0 Å². The number of hydrogen-bond donors (Lipinski definition) is 1. The van der Waals surface area contributed by atoms with Crippen LogP contribution in [-0.2, 0) is 13.0 Å². The van der Waals surface area contributed by atoms with Crippen LogP contribution >= 0.6 is 58.3 Å². The third-order valence-electron chi connectivity index (χ3n) is 2.11. The summed E-state index contributed by atoms with van der Waals surface area (Å²) < 4.78 is 1.71. The second-order valence-corrected chi connectivity index (χ2v) is 6.94. The van der Waals surface area contributed by atoms with Gasteiger partial charge in [0.1, 0.15) is 0 Å². The van der Waals surface area contributed by atoms with Gasteiger partial charge in [-0.1, -0.05) is 23.2 Å². The van der Waals surface area contributed by atoms with Crippen LogP contribution < -0.4 is 5.32 Å². The Hall–Kier alpha value is 0.230. The maximum Gasteiger partial charge on any atom is 0.0931 e. The van der Waals surface area contributed by atoms with Crippen molar-refractivity contribution < 1.29 is 0 Å². The van der Waals surface area contributed by atoms with Gasteiger partial charge in [0.25, 0.3) is 0 Å². The van der Waals surface area contributed by atoms with E-state index in [1.807, 2.05) is 12.1 Å². The van der Waals surface area contributed by atoms with E-state index in [2.05, 4.69) is 17.4 Å². The topological polar surface area (TPSA) is 12.0 Å². The normalized spacial score (nSPS) is 10.2. The van der Waals surface area contributed by atoms with Crippen molar-refractivity contribution in [3.8, 4) is 0 Å². The van der Waals surface area contributed by atoms with Crippen molar-refractivity contribution in [1.82, 2.24) is 5.32 Å². The standard InChI is InChI=1S/C11H11Cl2NS2.ClH/c12-10-3-1-8(15-10)5-6-14-7-9-2-4-11(13)16-9;/h1-4,14H,5-7H2;1H. The summed E-state index contributed by atoms with van der Waals surface area (Å²) >= 11 is 15.0. The Bertz CT molecular complexity index is 411. The molecule has 0 bridgehead atoms. The molecule has 0 aliphatic heterocycles. The highest BCUT2D eigenvalue weighted by Crippen LogP contribution is 2.22. The Morgan fingerprint density at radius 3 is 2.06 bits per heavy atom. The Morgan fingerprint density at radius 1 is 0.941 bits per heavy atom. The number of halogens is 3. The summed E-state index contributed by atoms with van der Waals surface area (Å²) in [6.07, 6.45) is 1.02. The molecular formula is C11H12Cl3NS2. The van der Waals surface area contributed by atoms with Crippen molar-refractivity contribution in [2.75, 3.05) is 6.54 Å². The van der Waals surface area contributed by atoms with Gasteiger partial charge in [0.05, 0.1) is 8.67 Å². The van der Waals surface area contributed by atoms with E-state index in [9.17, 15) is 0 Å². The van der Waals surface area contributed by atoms with E-state index in [0.29, 0.717) is 0 Å². The molecule has 0 amide bonds. The Balaban J connectivity index is 0.00000144. The zero-order chi connectivity index (χ0) is 11.4. The summed E-state index contributed by atoms with van der Waals surface area (Å²) in [6.45, 7) is 1.85. The van der Waals surface area contributed by atoms with Gasteiger partial charge in [0.2, 0.25) is 0 Å². The average molecular weight is 329 g/mol. The minimum absolute atomic E-state index is 0. The van der Waals surface area contributed by atoms with E-state index in [1.165, 1.54) is 9.75 Å². The van der Waals surface area contributed by atoms with Crippen molar-refractivity contribution in [2.24, 2.45) is 0 Å². The van der Waals surface area contributed by atoms with Crippen LogP contribution in [0.3, 0.4) is 0 Å². The van der Waals surface area contributed by atoms with Crippen LogP contribution in [0.15, 0.2) is 24.3 Å². The Labute approximate surface area is 125 Å². The average Bonchev–Trinajstić information content (AvgIpc) is 2.83. The Morgan fingerprint density at radius 2 is 1.53 bits per heavy atom. The summed E-state index contributed by atoms with van der Waals surface area (Å²) in [7, 11) is 0. The van der Waals surface area contributed by atoms with Crippen LogP contribution in [-0.4, -0.2) is 6.54 Å². The molecule has 2 heterocycles. The van der Waals surface area contributed by atoms with Gasteiger partial charge in [-0.25, -0.2) is 0 Å². The maximum atomic E-state index is 5.86. The van der Waals surface area contributed by atoms with E-state index >= 15 is 0 Å². The molecule has 0 saturated carbocycles. The molecule has 17 heavy (non-hydrogen) atoms. The van der Waals surface area contributed by atoms with Gasteiger partial charge in [-0.15, -0.1) is 35.1 Å². The van der Waals surface area contributed by atoms with Gasteiger partial charge >= 0.3 is 0 Å². The predicted octanol–water partition coefficient (Wildman–Crippen LogP) is 4.87. The fourth-order valence-electron chi connectivity index (χ4n) is 1.36.